The first-order chi connectivity index (χ1) is 10.1. The highest BCUT2D eigenvalue weighted by molar-refractivity contribution is 6.30. The van der Waals surface area contributed by atoms with Crippen molar-refractivity contribution in [3.05, 3.63) is 34.9 Å². The van der Waals surface area contributed by atoms with Crippen LogP contribution >= 0.6 is 11.6 Å². The lowest BCUT2D eigenvalue weighted by molar-refractivity contribution is -0.117. The molecule has 1 aliphatic rings. The molecule has 21 heavy (non-hydrogen) atoms. The molecule has 1 aromatic carbocycles. The monoisotopic (exact) mass is 309 g/mol. The van der Waals surface area contributed by atoms with Gasteiger partial charge in [-0.1, -0.05) is 11.6 Å². The number of carbonyl (C=O) groups is 1. The average Bonchev–Trinajstić information content (AvgIpc) is 2.48. The van der Waals surface area contributed by atoms with E-state index >= 15 is 0 Å². The number of hydrogen-bond donors (Lipinski definition) is 2. The first-order valence-corrected chi connectivity index (χ1v) is 7.46. The van der Waals surface area contributed by atoms with Crippen molar-refractivity contribution in [2.24, 2.45) is 0 Å². The molecule has 0 aliphatic heterocycles. The van der Waals surface area contributed by atoms with E-state index < -0.39 is 0 Å². The molecule has 0 aromatic heterocycles. The van der Waals surface area contributed by atoms with Crippen molar-refractivity contribution in [2.75, 3.05) is 7.11 Å². The third kappa shape index (κ3) is 4.76. The summed E-state index contributed by atoms with van der Waals surface area (Å²) in [7, 11) is 1.58. The van der Waals surface area contributed by atoms with Gasteiger partial charge in [-0.2, -0.15) is 0 Å². The largest absolute Gasteiger partial charge is 0.496 e. The third-order valence-electron chi connectivity index (χ3n) is 3.65. The summed E-state index contributed by atoms with van der Waals surface area (Å²) in [4.78, 5) is 11.9. The zero-order valence-electron chi connectivity index (χ0n) is 12.0. The number of aliphatic hydroxyl groups is 1. The van der Waals surface area contributed by atoms with Gasteiger partial charge in [0.1, 0.15) is 5.75 Å². The number of amides is 1. The Balaban J connectivity index is 1.94. The molecule has 0 radical (unpaired) electrons. The molecule has 0 bridgehead atoms. The van der Waals surface area contributed by atoms with E-state index in [0.717, 1.165) is 31.2 Å². The summed E-state index contributed by atoms with van der Waals surface area (Å²) in [5, 5.41) is 13.0. The Hall–Kier alpha value is -1.52. The number of hydrogen-bond acceptors (Lipinski definition) is 3. The van der Waals surface area contributed by atoms with Crippen molar-refractivity contribution >= 4 is 23.6 Å². The minimum Gasteiger partial charge on any atom is -0.496 e. The minimum atomic E-state index is -0.218. The van der Waals surface area contributed by atoms with Gasteiger partial charge in [0.2, 0.25) is 5.91 Å². The van der Waals surface area contributed by atoms with E-state index in [1.165, 1.54) is 6.08 Å². The highest BCUT2D eigenvalue weighted by Crippen LogP contribution is 2.24. The van der Waals surface area contributed by atoms with Crippen molar-refractivity contribution in [2.45, 2.75) is 37.8 Å². The summed E-state index contributed by atoms with van der Waals surface area (Å²) in [6.45, 7) is 0. The number of benzene rings is 1. The number of carbonyl (C=O) groups excluding carboxylic acids is 1. The van der Waals surface area contributed by atoms with E-state index in [2.05, 4.69) is 5.32 Å². The van der Waals surface area contributed by atoms with Crippen LogP contribution in [0.4, 0.5) is 0 Å². The number of rotatable bonds is 4. The number of methoxy groups -OCH3 is 1. The average molecular weight is 310 g/mol. The molecule has 114 valence electrons. The summed E-state index contributed by atoms with van der Waals surface area (Å²) in [5.41, 5.74) is 0.763. The number of halogens is 1. The van der Waals surface area contributed by atoms with Crippen molar-refractivity contribution < 1.29 is 14.6 Å². The second-order valence-electron chi connectivity index (χ2n) is 5.23. The highest BCUT2D eigenvalue weighted by Gasteiger charge is 2.19. The zero-order valence-corrected chi connectivity index (χ0v) is 12.8. The molecule has 0 atom stereocenters. The molecular formula is C16H20ClNO3. The van der Waals surface area contributed by atoms with Gasteiger partial charge in [0.25, 0.3) is 0 Å². The molecule has 5 heteroatoms. The van der Waals surface area contributed by atoms with Gasteiger partial charge in [0.15, 0.2) is 0 Å². The summed E-state index contributed by atoms with van der Waals surface area (Å²) < 4.78 is 5.22. The lowest BCUT2D eigenvalue weighted by Gasteiger charge is -2.25. The third-order valence-corrected chi connectivity index (χ3v) is 3.88. The normalized spacial score (nSPS) is 22.2. The van der Waals surface area contributed by atoms with Gasteiger partial charge in [-0.3, -0.25) is 4.79 Å². The molecule has 2 N–H and O–H groups in total. The molecule has 0 heterocycles. The fraction of sp³-hybridized carbons (Fsp3) is 0.438. The molecular weight excluding hydrogens is 290 g/mol. The first kappa shape index (κ1) is 15.9. The SMILES string of the molecule is COc1ccc(Cl)cc1/C=C/C(=O)NC1CCC(O)CC1. The number of nitrogens with one attached hydrogen (secondary N) is 1. The predicted octanol–water partition coefficient (Wildman–Crippen LogP) is 2.78. The quantitative estimate of drug-likeness (QED) is 0.841. The van der Waals surface area contributed by atoms with Gasteiger partial charge in [-0.15, -0.1) is 0 Å². The fourth-order valence-electron chi connectivity index (χ4n) is 2.47. The molecule has 1 aliphatic carbocycles. The van der Waals surface area contributed by atoms with E-state index in [0.29, 0.717) is 10.8 Å². The highest BCUT2D eigenvalue weighted by atomic mass is 35.5. The Morgan fingerprint density at radius 1 is 1.38 bits per heavy atom. The molecule has 2 rings (SSSR count). The Morgan fingerprint density at radius 2 is 2.10 bits per heavy atom. The van der Waals surface area contributed by atoms with Gasteiger partial charge in [-0.25, -0.2) is 0 Å². The summed E-state index contributed by atoms with van der Waals surface area (Å²) >= 11 is 5.94. The summed E-state index contributed by atoms with van der Waals surface area (Å²) in [6, 6.07) is 5.40. The van der Waals surface area contributed by atoms with Gasteiger partial charge in [-0.05, 0) is 50.0 Å². The van der Waals surface area contributed by atoms with E-state index in [9.17, 15) is 9.90 Å². The minimum absolute atomic E-state index is 0.140. The van der Waals surface area contributed by atoms with Gasteiger partial charge >= 0.3 is 0 Å². The fourth-order valence-corrected chi connectivity index (χ4v) is 2.65. The maximum absolute atomic E-state index is 11.9. The van der Waals surface area contributed by atoms with Crippen LogP contribution in [-0.4, -0.2) is 30.3 Å². The van der Waals surface area contributed by atoms with Gasteiger partial charge < -0.3 is 15.2 Å². The maximum Gasteiger partial charge on any atom is 0.244 e. The molecule has 0 unspecified atom stereocenters. The summed E-state index contributed by atoms with van der Waals surface area (Å²) in [5.74, 6) is 0.530. The van der Waals surface area contributed by atoms with Crippen molar-refractivity contribution in [1.29, 1.82) is 0 Å². The Bertz CT molecular complexity index is 522. The predicted molar refractivity (Wildman–Crippen MR) is 83.4 cm³/mol. The Labute approximate surface area is 129 Å². The Morgan fingerprint density at radius 3 is 2.76 bits per heavy atom. The van der Waals surface area contributed by atoms with Crippen LogP contribution in [0.3, 0.4) is 0 Å². The molecule has 1 saturated carbocycles. The van der Waals surface area contributed by atoms with Crippen molar-refractivity contribution in [1.82, 2.24) is 5.32 Å². The van der Waals surface area contributed by atoms with E-state index in [1.54, 1.807) is 31.4 Å². The lowest BCUT2D eigenvalue weighted by Crippen LogP contribution is -2.37. The first-order valence-electron chi connectivity index (χ1n) is 7.08. The molecule has 4 nitrogen and oxygen atoms in total. The van der Waals surface area contributed by atoms with E-state index in [4.69, 9.17) is 16.3 Å². The standard InChI is InChI=1S/C16H20ClNO3/c1-21-15-8-3-12(17)10-11(15)2-9-16(20)18-13-4-6-14(19)7-5-13/h2-3,8-10,13-14,19H,4-7H2,1H3,(H,18,20)/b9-2+. The smallest absolute Gasteiger partial charge is 0.244 e. The van der Waals surface area contributed by atoms with Crippen LogP contribution in [-0.2, 0) is 4.79 Å². The molecule has 0 saturated heterocycles. The second-order valence-corrected chi connectivity index (χ2v) is 5.67. The second kappa shape index (κ2) is 7.48. The van der Waals surface area contributed by atoms with Gasteiger partial charge in [0, 0.05) is 22.7 Å². The molecule has 1 amide bonds. The number of ether oxygens (including phenoxy) is 1. The zero-order chi connectivity index (χ0) is 15.2. The molecule has 1 aromatic rings. The van der Waals surface area contributed by atoms with Crippen LogP contribution in [0.5, 0.6) is 5.75 Å². The van der Waals surface area contributed by atoms with Crippen molar-refractivity contribution in [3.63, 3.8) is 0 Å². The molecule has 1 fully saturated rings. The van der Waals surface area contributed by atoms with E-state index in [-0.39, 0.29) is 18.1 Å². The summed E-state index contributed by atoms with van der Waals surface area (Å²) in [6.07, 6.45) is 6.09. The maximum atomic E-state index is 11.9. The lowest BCUT2D eigenvalue weighted by atomic mass is 9.93. The van der Waals surface area contributed by atoms with Crippen LogP contribution in [0.25, 0.3) is 6.08 Å². The van der Waals surface area contributed by atoms with Crippen LogP contribution in [0.1, 0.15) is 31.2 Å². The van der Waals surface area contributed by atoms with E-state index in [1.807, 2.05) is 0 Å². The molecule has 0 spiro atoms. The van der Waals surface area contributed by atoms with Crippen LogP contribution in [0.15, 0.2) is 24.3 Å². The number of aliphatic hydroxyl groups excluding tert-OH is 1. The van der Waals surface area contributed by atoms with Crippen molar-refractivity contribution in [3.8, 4) is 5.75 Å². The van der Waals surface area contributed by atoms with Crippen LogP contribution in [0.2, 0.25) is 5.02 Å². The van der Waals surface area contributed by atoms with Gasteiger partial charge in [0.05, 0.1) is 13.2 Å². The Kier molecular flexibility index (Phi) is 5.65. The van der Waals surface area contributed by atoms with Crippen LogP contribution in [0, 0.1) is 0 Å². The topological polar surface area (TPSA) is 58.6 Å². The van der Waals surface area contributed by atoms with Crippen LogP contribution < -0.4 is 10.1 Å².